The van der Waals surface area contributed by atoms with Gasteiger partial charge in [0.1, 0.15) is 11.6 Å². The second-order valence-corrected chi connectivity index (χ2v) is 9.96. The highest BCUT2D eigenvalue weighted by atomic mass is 32.2. The lowest BCUT2D eigenvalue weighted by molar-refractivity contribution is 0.0948. The van der Waals surface area contributed by atoms with Crippen molar-refractivity contribution in [2.45, 2.75) is 25.9 Å². The zero-order chi connectivity index (χ0) is 27.2. The van der Waals surface area contributed by atoms with Gasteiger partial charge in [0.15, 0.2) is 10.9 Å². The van der Waals surface area contributed by atoms with Crippen LogP contribution in [0.1, 0.15) is 41.5 Å². The topological polar surface area (TPSA) is 90.3 Å². The Morgan fingerprint density at radius 2 is 1.79 bits per heavy atom. The van der Waals surface area contributed by atoms with Crippen molar-refractivity contribution in [2.24, 2.45) is 5.92 Å². The number of hydrogen-bond donors (Lipinski definition) is 1. The van der Waals surface area contributed by atoms with Crippen LogP contribution in [0.15, 0.2) is 76.7 Å². The number of ether oxygens (including phenoxy) is 1. The van der Waals surface area contributed by atoms with Crippen LogP contribution >= 0.6 is 11.8 Å². The Balaban J connectivity index is 1.71. The monoisotopic (exact) mass is 533 g/mol. The number of hydrogen-bond acceptors (Lipinski definition) is 6. The van der Waals surface area contributed by atoms with E-state index >= 15 is 0 Å². The molecule has 0 atom stereocenters. The summed E-state index contributed by atoms with van der Waals surface area (Å²) >= 11 is 1.07. The van der Waals surface area contributed by atoms with Gasteiger partial charge in [-0.2, -0.15) is 0 Å². The summed E-state index contributed by atoms with van der Waals surface area (Å²) in [6, 6.07) is 17.1. The number of thioether (sulfide) groups is 1. The van der Waals surface area contributed by atoms with E-state index in [2.05, 4.69) is 10.3 Å². The molecule has 4 aromatic rings. The minimum Gasteiger partial charge on any atom is -0.494 e. The number of carbonyl (C=O) groups is 2. The smallest absolute Gasteiger partial charge is 0.266 e. The summed E-state index contributed by atoms with van der Waals surface area (Å²) in [4.78, 5) is 43.7. The largest absolute Gasteiger partial charge is 0.494 e. The molecule has 0 saturated carbocycles. The number of Topliss-reactive ketones (excluding diaryl/α,β-unsaturated/α-hetero) is 1. The van der Waals surface area contributed by atoms with E-state index in [0.717, 1.165) is 11.8 Å². The molecule has 3 aromatic carbocycles. The summed E-state index contributed by atoms with van der Waals surface area (Å²) in [5.74, 6) is 0.00757. The maximum Gasteiger partial charge on any atom is 0.266 e. The van der Waals surface area contributed by atoms with Crippen molar-refractivity contribution < 1.29 is 18.7 Å². The zero-order valence-electron chi connectivity index (χ0n) is 21.4. The number of fused-ring (bicyclic) bond motifs is 1. The highest BCUT2D eigenvalue weighted by Crippen LogP contribution is 2.24. The van der Waals surface area contributed by atoms with Crippen LogP contribution in [-0.2, 0) is 0 Å². The van der Waals surface area contributed by atoms with Crippen LogP contribution in [0, 0.1) is 11.7 Å². The molecular weight excluding hydrogens is 505 g/mol. The molecule has 0 aliphatic rings. The highest BCUT2D eigenvalue weighted by Gasteiger charge is 2.18. The van der Waals surface area contributed by atoms with Gasteiger partial charge in [0.05, 0.1) is 29.0 Å². The molecule has 0 fully saturated rings. The van der Waals surface area contributed by atoms with Gasteiger partial charge in [-0.1, -0.05) is 31.7 Å². The standard InChI is InChI=1S/C29H28FN3O4S/c1-4-37-23-11-8-19(9-12-23)26(34)17-38-29-32-25-14-20(27(35)31-16-18(2)3)10-13-24(25)28(36)33(29)22-7-5-6-21(30)15-22/h5-15,18H,4,16-17H2,1-3H3,(H,31,35). The molecule has 0 unspecified atom stereocenters. The fourth-order valence-corrected chi connectivity index (χ4v) is 4.67. The van der Waals surface area contributed by atoms with Crippen molar-refractivity contribution in [3.05, 3.63) is 94.0 Å². The molecule has 0 bridgehead atoms. The van der Waals surface area contributed by atoms with Crippen LogP contribution in [0.25, 0.3) is 16.6 Å². The van der Waals surface area contributed by atoms with E-state index in [1.807, 2.05) is 20.8 Å². The molecule has 1 amide bonds. The summed E-state index contributed by atoms with van der Waals surface area (Å²) in [7, 11) is 0. The molecule has 196 valence electrons. The van der Waals surface area contributed by atoms with Gasteiger partial charge in [-0.05, 0) is 73.5 Å². The first-order valence-corrected chi connectivity index (χ1v) is 13.2. The molecule has 0 spiro atoms. The number of amides is 1. The number of rotatable bonds is 10. The predicted octanol–water partition coefficient (Wildman–Crippen LogP) is 5.28. The first-order chi connectivity index (χ1) is 18.3. The number of ketones is 1. The number of halogens is 1. The summed E-state index contributed by atoms with van der Waals surface area (Å²) < 4.78 is 20.8. The van der Waals surface area contributed by atoms with E-state index in [1.165, 1.54) is 22.8 Å². The third kappa shape index (κ3) is 6.28. The Bertz CT molecular complexity index is 1530. The minimum absolute atomic E-state index is 0.00416. The van der Waals surface area contributed by atoms with Crippen LogP contribution in [0.5, 0.6) is 5.75 Å². The summed E-state index contributed by atoms with van der Waals surface area (Å²) in [6.45, 7) is 6.91. The van der Waals surface area contributed by atoms with Crippen LogP contribution in [0.3, 0.4) is 0 Å². The molecule has 1 N–H and O–H groups in total. The van der Waals surface area contributed by atoms with Crippen molar-refractivity contribution in [3.8, 4) is 11.4 Å². The molecule has 0 radical (unpaired) electrons. The van der Waals surface area contributed by atoms with Crippen molar-refractivity contribution in [1.82, 2.24) is 14.9 Å². The van der Waals surface area contributed by atoms with Gasteiger partial charge in [0.25, 0.3) is 11.5 Å². The molecule has 0 aliphatic carbocycles. The number of nitrogens with zero attached hydrogens (tertiary/aromatic N) is 2. The Hall–Kier alpha value is -3.98. The fourth-order valence-electron chi connectivity index (χ4n) is 3.76. The second kappa shape index (κ2) is 12.0. The van der Waals surface area contributed by atoms with Gasteiger partial charge in [-0.15, -0.1) is 0 Å². The molecule has 9 heteroatoms. The van der Waals surface area contributed by atoms with Crippen molar-refractivity contribution >= 4 is 34.4 Å². The van der Waals surface area contributed by atoms with Gasteiger partial charge in [-0.25, -0.2) is 9.37 Å². The lowest BCUT2D eigenvalue weighted by atomic mass is 10.1. The molecule has 1 aromatic heterocycles. The fraction of sp³-hybridized carbons (Fsp3) is 0.241. The van der Waals surface area contributed by atoms with E-state index < -0.39 is 11.4 Å². The Morgan fingerprint density at radius 1 is 1.05 bits per heavy atom. The van der Waals surface area contributed by atoms with Gasteiger partial charge < -0.3 is 10.1 Å². The van der Waals surface area contributed by atoms with E-state index in [-0.39, 0.29) is 33.9 Å². The van der Waals surface area contributed by atoms with Crippen LogP contribution in [0.4, 0.5) is 4.39 Å². The van der Waals surface area contributed by atoms with E-state index in [9.17, 15) is 18.8 Å². The number of nitrogens with one attached hydrogen (secondary N) is 1. The van der Waals surface area contributed by atoms with Crippen LogP contribution in [0.2, 0.25) is 0 Å². The number of carbonyl (C=O) groups excluding carboxylic acids is 2. The van der Waals surface area contributed by atoms with Crippen LogP contribution in [-0.4, -0.2) is 40.1 Å². The quantitative estimate of drug-likeness (QED) is 0.169. The first-order valence-electron chi connectivity index (χ1n) is 12.3. The summed E-state index contributed by atoms with van der Waals surface area (Å²) in [5.41, 5.74) is 1.04. The van der Waals surface area contributed by atoms with Crippen molar-refractivity contribution in [2.75, 3.05) is 18.9 Å². The Labute approximate surface area is 224 Å². The first kappa shape index (κ1) is 27.1. The average Bonchev–Trinajstić information content (AvgIpc) is 2.90. The molecule has 1 heterocycles. The van der Waals surface area contributed by atoms with Gasteiger partial charge >= 0.3 is 0 Å². The molecule has 0 aliphatic heterocycles. The lowest BCUT2D eigenvalue weighted by Crippen LogP contribution is -2.27. The van der Waals surface area contributed by atoms with Gasteiger partial charge in [0, 0.05) is 17.7 Å². The van der Waals surface area contributed by atoms with E-state index in [1.54, 1.807) is 48.5 Å². The van der Waals surface area contributed by atoms with Crippen LogP contribution < -0.4 is 15.6 Å². The van der Waals surface area contributed by atoms with Gasteiger partial charge in [0.2, 0.25) is 0 Å². The predicted molar refractivity (Wildman–Crippen MR) is 147 cm³/mol. The SMILES string of the molecule is CCOc1ccc(C(=O)CSc2nc3cc(C(=O)NCC(C)C)ccc3c(=O)n2-c2cccc(F)c2)cc1. The maximum absolute atomic E-state index is 14.1. The molecule has 7 nitrogen and oxygen atoms in total. The van der Waals surface area contributed by atoms with E-state index in [0.29, 0.717) is 41.2 Å². The summed E-state index contributed by atoms with van der Waals surface area (Å²) in [6.07, 6.45) is 0. The third-order valence-electron chi connectivity index (χ3n) is 5.66. The molecule has 0 saturated heterocycles. The molecule has 4 rings (SSSR count). The van der Waals surface area contributed by atoms with Crippen molar-refractivity contribution in [1.29, 1.82) is 0 Å². The highest BCUT2D eigenvalue weighted by molar-refractivity contribution is 7.99. The zero-order valence-corrected chi connectivity index (χ0v) is 22.2. The van der Waals surface area contributed by atoms with Gasteiger partial charge in [-0.3, -0.25) is 19.0 Å². The van der Waals surface area contributed by atoms with Crippen molar-refractivity contribution in [3.63, 3.8) is 0 Å². The number of aromatic nitrogens is 2. The molecule has 38 heavy (non-hydrogen) atoms. The lowest BCUT2D eigenvalue weighted by Gasteiger charge is -2.14. The average molecular weight is 534 g/mol. The normalized spacial score (nSPS) is 11.1. The Morgan fingerprint density at radius 3 is 2.47 bits per heavy atom. The minimum atomic E-state index is -0.506. The maximum atomic E-state index is 14.1. The molecular formula is C29H28FN3O4S. The second-order valence-electron chi connectivity index (χ2n) is 9.02. The third-order valence-corrected chi connectivity index (χ3v) is 6.60. The number of benzene rings is 3. The van der Waals surface area contributed by atoms with E-state index in [4.69, 9.17) is 4.74 Å². The summed E-state index contributed by atoms with van der Waals surface area (Å²) in [5, 5.41) is 3.35. The Kier molecular flexibility index (Phi) is 8.58.